The molecule has 0 fully saturated rings. The second-order valence-electron chi connectivity index (χ2n) is 17.0. The van der Waals surface area contributed by atoms with Crippen molar-refractivity contribution in [3.05, 3.63) is 117 Å². The van der Waals surface area contributed by atoms with Crippen LogP contribution in [0, 0.1) is 0 Å². The second kappa shape index (κ2) is 16.0. The predicted octanol–water partition coefficient (Wildman–Crippen LogP) is 13.4. The molecule has 0 bridgehead atoms. The maximum Gasteiger partial charge on any atom is 0.415 e. The van der Waals surface area contributed by atoms with Crippen molar-refractivity contribution in [2.24, 2.45) is 0 Å². The Hall–Kier alpha value is -3.68. The van der Waals surface area contributed by atoms with Crippen molar-refractivity contribution >= 4 is 22.7 Å². The maximum absolute atomic E-state index is 13.3. The summed E-state index contributed by atoms with van der Waals surface area (Å²) in [5, 5.41) is 34.0. The standard InChI is InChI=1S/2C21H25F3NO.Pd/c2*1-19(2,3)13-11-15(20(4,5)6)18(26)17(12-13)25-16-10-8-7-9-14(16)21(22,23)24;/h2*7-12,26H,1-6H3;/q2*-1;/p-2. The Morgan fingerprint density at radius 3 is 0.925 bits per heavy atom. The molecule has 0 aliphatic rings. The fraction of sp³-hybridized carbons (Fsp3) is 0.429. The van der Waals surface area contributed by atoms with Crippen LogP contribution >= 0.6 is 0 Å². The number of hydrogen-bond acceptors (Lipinski definition) is 2. The summed E-state index contributed by atoms with van der Waals surface area (Å²) < 4.78 is 79.5. The Bertz CT molecular complexity index is 1740. The van der Waals surface area contributed by atoms with Crippen molar-refractivity contribution in [1.82, 2.24) is 0 Å². The molecule has 4 rings (SSSR count). The molecule has 4 nitrogen and oxygen atoms in total. The minimum Gasteiger partial charge on any atom is -0.873 e. The molecule has 0 saturated heterocycles. The SMILES string of the molecule is CC(C)(C)c1cc([N-]c2ccccc2C(F)(F)F)c([O-])c(C(C)(C)C)c1.CC(C)(C)c1cc([N-]c2ccccc2C(F)(F)F)c([O-])c(C(C)(C)C)c1.[Pd]. The molecule has 0 spiro atoms. The molecule has 294 valence electrons. The maximum atomic E-state index is 13.3. The Morgan fingerprint density at radius 1 is 0.396 bits per heavy atom. The molecule has 11 heteroatoms. The third kappa shape index (κ3) is 11.7. The Labute approximate surface area is 324 Å². The van der Waals surface area contributed by atoms with Crippen LogP contribution in [0.4, 0.5) is 49.1 Å². The van der Waals surface area contributed by atoms with Gasteiger partial charge in [0.25, 0.3) is 0 Å². The summed E-state index contributed by atoms with van der Waals surface area (Å²) in [6, 6.07) is 17.0. The number of rotatable bonds is 4. The fourth-order valence-corrected chi connectivity index (χ4v) is 5.25. The van der Waals surface area contributed by atoms with E-state index in [0.717, 1.165) is 23.3 Å². The van der Waals surface area contributed by atoms with E-state index in [2.05, 4.69) is 10.6 Å². The molecule has 0 saturated carbocycles. The van der Waals surface area contributed by atoms with Crippen LogP contribution in [0.25, 0.3) is 10.6 Å². The molecular weight excluding hydrogens is 785 g/mol. The van der Waals surface area contributed by atoms with Gasteiger partial charge in [0.05, 0.1) is 0 Å². The van der Waals surface area contributed by atoms with Crippen LogP contribution in [-0.4, -0.2) is 0 Å². The molecule has 0 unspecified atom stereocenters. The van der Waals surface area contributed by atoms with Crippen molar-refractivity contribution in [3.63, 3.8) is 0 Å². The van der Waals surface area contributed by atoms with Crippen molar-refractivity contribution < 1.29 is 57.0 Å². The van der Waals surface area contributed by atoms with Crippen LogP contribution < -0.4 is 10.2 Å². The van der Waals surface area contributed by atoms with Crippen molar-refractivity contribution in [2.45, 2.75) is 117 Å². The van der Waals surface area contributed by atoms with E-state index in [4.69, 9.17) is 0 Å². The van der Waals surface area contributed by atoms with Crippen molar-refractivity contribution in [1.29, 1.82) is 0 Å². The number of para-hydroxylation sites is 2. The first-order chi connectivity index (χ1) is 23.4. The van der Waals surface area contributed by atoms with E-state index in [1.807, 2.05) is 95.2 Å². The minimum absolute atomic E-state index is 0. The molecule has 0 amide bonds. The van der Waals surface area contributed by atoms with E-state index in [0.29, 0.717) is 11.1 Å². The molecule has 0 atom stereocenters. The summed E-state index contributed by atoms with van der Waals surface area (Å²) in [5.74, 6) is -0.662. The van der Waals surface area contributed by atoms with Crippen molar-refractivity contribution in [3.8, 4) is 11.5 Å². The van der Waals surface area contributed by atoms with Gasteiger partial charge in [-0.3, -0.25) is 0 Å². The summed E-state index contributed by atoms with van der Waals surface area (Å²) in [4.78, 5) is 0. The molecular formula is C42H48F6N2O2Pd-4. The van der Waals surface area contributed by atoms with Gasteiger partial charge in [0.1, 0.15) is 0 Å². The topological polar surface area (TPSA) is 74.3 Å². The van der Waals surface area contributed by atoms with Gasteiger partial charge < -0.3 is 20.8 Å². The number of benzene rings is 4. The summed E-state index contributed by atoms with van der Waals surface area (Å²) in [6.07, 6.45) is -9.06. The van der Waals surface area contributed by atoms with E-state index in [-0.39, 0.29) is 65.5 Å². The molecule has 0 aliphatic heterocycles. The zero-order valence-corrected chi connectivity index (χ0v) is 33.8. The second-order valence-corrected chi connectivity index (χ2v) is 17.0. The third-order valence-electron chi connectivity index (χ3n) is 8.39. The number of alkyl halides is 6. The van der Waals surface area contributed by atoms with Gasteiger partial charge in [-0.2, -0.15) is 26.3 Å². The molecule has 0 radical (unpaired) electrons. The third-order valence-corrected chi connectivity index (χ3v) is 8.39. The van der Waals surface area contributed by atoms with Crippen LogP contribution in [0.2, 0.25) is 0 Å². The average molecular weight is 833 g/mol. The minimum atomic E-state index is -4.53. The van der Waals surface area contributed by atoms with Gasteiger partial charge in [0, 0.05) is 31.5 Å². The van der Waals surface area contributed by atoms with Crippen LogP contribution in [-0.2, 0) is 54.4 Å². The quantitative estimate of drug-likeness (QED) is 0.152. The van der Waals surface area contributed by atoms with E-state index < -0.39 is 34.3 Å². The van der Waals surface area contributed by atoms with E-state index in [1.165, 1.54) is 36.4 Å². The van der Waals surface area contributed by atoms with Gasteiger partial charge in [-0.25, -0.2) is 0 Å². The van der Waals surface area contributed by atoms with Gasteiger partial charge in [-0.15, -0.1) is 34.2 Å². The molecule has 0 aromatic heterocycles. The first-order valence-electron chi connectivity index (χ1n) is 16.9. The number of hydrogen-bond donors (Lipinski definition) is 0. The van der Waals surface area contributed by atoms with Gasteiger partial charge >= 0.3 is 12.4 Å². The van der Waals surface area contributed by atoms with Gasteiger partial charge in [-0.1, -0.05) is 167 Å². The van der Waals surface area contributed by atoms with Gasteiger partial charge in [0.2, 0.25) is 0 Å². The predicted molar refractivity (Wildman–Crippen MR) is 195 cm³/mol. The molecule has 0 aliphatic carbocycles. The number of nitrogens with zero attached hydrogens (tertiary/aromatic N) is 2. The summed E-state index contributed by atoms with van der Waals surface area (Å²) in [5.41, 5.74) is -0.682. The monoisotopic (exact) mass is 832 g/mol. The smallest absolute Gasteiger partial charge is 0.415 e. The largest absolute Gasteiger partial charge is 0.873 e. The molecule has 4 aromatic carbocycles. The molecule has 0 N–H and O–H groups in total. The zero-order valence-electron chi connectivity index (χ0n) is 32.2. The van der Waals surface area contributed by atoms with E-state index >= 15 is 0 Å². The first kappa shape index (κ1) is 45.5. The Kier molecular flexibility index (Phi) is 13.7. The van der Waals surface area contributed by atoms with Crippen LogP contribution in [0.15, 0.2) is 72.8 Å². The van der Waals surface area contributed by atoms with Crippen molar-refractivity contribution in [2.75, 3.05) is 0 Å². The molecule has 53 heavy (non-hydrogen) atoms. The fourth-order valence-electron chi connectivity index (χ4n) is 5.25. The first-order valence-corrected chi connectivity index (χ1v) is 16.9. The van der Waals surface area contributed by atoms with E-state index in [1.54, 1.807) is 12.1 Å². The number of halogens is 6. The molecule has 4 aromatic rings. The molecule has 0 heterocycles. The summed E-state index contributed by atoms with van der Waals surface area (Å²) in [7, 11) is 0. The summed E-state index contributed by atoms with van der Waals surface area (Å²) in [6.45, 7) is 23.4. The van der Waals surface area contributed by atoms with E-state index in [9.17, 15) is 36.6 Å². The Morgan fingerprint density at radius 2 is 0.679 bits per heavy atom. The van der Waals surface area contributed by atoms with Crippen LogP contribution in [0.5, 0.6) is 11.5 Å². The van der Waals surface area contributed by atoms with Crippen LogP contribution in [0.3, 0.4) is 0 Å². The van der Waals surface area contributed by atoms with Gasteiger partial charge in [-0.05, 0) is 32.8 Å². The normalized spacial score (nSPS) is 12.7. The van der Waals surface area contributed by atoms with Crippen LogP contribution in [0.1, 0.15) is 116 Å². The van der Waals surface area contributed by atoms with Gasteiger partial charge in [0.15, 0.2) is 0 Å². The zero-order chi connectivity index (χ0) is 39.8. The Balaban J connectivity index is 0.000000360. The summed E-state index contributed by atoms with van der Waals surface area (Å²) >= 11 is 0. The average Bonchev–Trinajstić information content (AvgIpc) is 2.96.